The second-order valence-electron chi connectivity index (χ2n) is 7.55. The summed E-state index contributed by atoms with van der Waals surface area (Å²) in [5, 5.41) is 10.0. The number of ether oxygens (including phenoxy) is 2. The lowest BCUT2D eigenvalue weighted by Gasteiger charge is -2.26. The molecule has 0 radical (unpaired) electrons. The van der Waals surface area contributed by atoms with Crippen LogP contribution in [0, 0.1) is 0 Å². The van der Waals surface area contributed by atoms with Gasteiger partial charge in [0.1, 0.15) is 5.76 Å². The fourth-order valence-corrected chi connectivity index (χ4v) is 3.93. The second kappa shape index (κ2) is 8.37. The lowest BCUT2D eigenvalue weighted by atomic mass is 10.2. The molecule has 3 N–H and O–H groups in total. The van der Waals surface area contributed by atoms with Crippen LogP contribution < -0.4 is 5.32 Å². The molecule has 3 heterocycles. The molecular weight excluding hydrogens is 396 g/mol. The number of hydrogen-bond donors (Lipinski definition) is 3. The van der Waals surface area contributed by atoms with Crippen molar-refractivity contribution >= 4 is 22.6 Å². The first kappa shape index (κ1) is 19.5. The van der Waals surface area contributed by atoms with E-state index in [9.17, 15) is 4.79 Å². The van der Waals surface area contributed by atoms with Crippen LogP contribution in [-0.4, -0.2) is 64.4 Å². The Morgan fingerprint density at radius 1 is 1.29 bits per heavy atom. The summed E-state index contributed by atoms with van der Waals surface area (Å²) in [4.78, 5) is 23.1. The highest BCUT2D eigenvalue weighted by Crippen LogP contribution is 2.28. The third-order valence-electron chi connectivity index (χ3n) is 5.53. The SMILES string of the molecule is COC1=CCC=C1C(=O)Nc1c[nH]nc1-c1nc2cc(CN3CCOCC3)ccc2[nH]1. The minimum absolute atomic E-state index is 0.239. The molecule has 1 aliphatic heterocycles. The van der Waals surface area contributed by atoms with Gasteiger partial charge in [0.2, 0.25) is 0 Å². The van der Waals surface area contributed by atoms with Gasteiger partial charge in [-0.1, -0.05) is 12.1 Å². The molecule has 3 aromatic rings. The number of amides is 1. The van der Waals surface area contributed by atoms with E-state index < -0.39 is 0 Å². The zero-order chi connectivity index (χ0) is 21.2. The number of aromatic nitrogens is 4. The van der Waals surface area contributed by atoms with E-state index in [1.807, 2.05) is 18.2 Å². The van der Waals surface area contributed by atoms with Gasteiger partial charge in [-0.25, -0.2) is 4.98 Å². The number of methoxy groups -OCH3 is 1. The molecule has 0 atom stereocenters. The van der Waals surface area contributed by atoms with E-state index in [0.717, 1.165) is 43.9 Å². The van der Waals surface area contributed by atoms with E-state index in [1.165, 1.54) is 5.56 Å². The number of aromatic amines is 2. The van der Waals surface area contributed by atoms with Crippen molar-refractivity contribution in [3.63, 3.8) is 0 Å². The molecular formula is C22H24N6O3. The van der Waals surface area contributed by atoms with E-state index in [1.54, 1.807) is 13.3 Å². The van der Waals surface area contributed by atoms with Crippen LogP contribution in [0.1, 0.15) is 12.0 Å². The maximum absolute atomic E-state index is 12.7. The molecule has 31 heavy (non-hydrogen) atoms. The first-order chi connectivity index (χ1) is 15.2. The number of nitrogens with zero attached hydrogens (tertiary/aromatic N) is 3. The van der Waals surface area contributed by atoms with Crippen LogP contribution in [0.4, 0.5) is 5.69 Å². The van der Waals surface area contributed by atoms with Crippen molar-refractivity contribution in [2.24, 2.45) is 0 Å². The average molecular weight is 420 g/mol. The number of carbonyl (C=O) groups is 1. The number of imidazole rings is 1. The molecule has 1 fully saturated rings. The number of fused-ring (bicyclic) bond motifs is 1. The monoisotopic (exact) mass is 420 g/mol. The number of allylic oxidation sites excluding steroid dienone is 2. The molecule has 5 rings (SSSR count). The van der Waals surface area contributed by atoms with Gasteiger partial charge in [-0.2, -0.15) is 5.10 Å². The summed E-state index contributed by atoms with van der Waals surface area (Å²) >= 11 is 0. The molecule has 9 heteroatoms. The summed E-state index contributed by atoms with van der Waals surface area (Å²) in [6.45, 7) is 4.31. The Morgan fingerprint density at radius 3 is 3.00 bits per heavy atom. The van der Waals surface area contributed by atoms with Gasteiger partial charge in [0.15, 0.2) is 11.5 Å². The fraction of sp³-hybridized carbons (Fsp3) is 0.318. The first-order valence-corrected chi connectivity index (χ1v) is 10.3. The van der Waals surface area contributed by atoms with E-state index >= 15 is 0 Å². The number of carbonyl (C=O) groups excluding carboxylic acids is 1. The Labute approximate surface area is 179 Å². The molecule has 160 valence electrons. The standard InChI is InChI=1S/C22H24N6O3/c1-30-19-4-2-3-15(19)22(29)26-18-12-23-27-20(18)21-24-16-6-5-14(11-17(16)25-21)13-28-7-9-31-10-8-28/h3-6,11-12H,2,7-10,13H2,1H3,(H,23,27)(H,24,25)(H,26,29). The largest absolute Gasteiger partial charge is 0.496 e. The predicted octanol–water partition coefficient (Wildman–Crippen LogP) is 2.58. The van der Waals surface area contributed by atoms with Gasteiger partial charge < -0.3 is 19.8 Å². The summed E-state index contributed by atoms with van der Waals surface area (Å²) < 4.78 is 10.7. The van der Waals surface area contributed by atoms with Gasteiger partial charge in [-0.05, 0) is 30.2 Å². The number of morpholine rings is 1. The second-order valence-corrected chi connectivity index (χ2v) is 7.55. The van der Waals surface area contributed by atoms with E-state index in [4.69, 9.17) is 14.5 Å². The highest BCUT2D eigenvalue weighted by Gasteiger charge is 2.21. The Balaban J connectivity index is 1.36. The average Bonchev–Trinajstić information content (AvgIpc) is 3.53. The third-order valence-corrected chi connectivity index (χ3v) is 5.53. The Kier molecular flexibility index (Phi) is 5.27. The molecule has 0 saturated carbocycles. The van der Waals surface area contributed by atoms with Crippen LogP contribution >= 0.6 is 0 Å². The van der Waals surface area contributed by atoms with Crippen molar-refractivity contribution in [3.8, 4) is 11.5 Å². The maximum Gasteiger partial charge on any atom is 0.259 e. The number of anilines is 1. The smallest absolute Gasteiger partial charge is 0.259 e. The van der Waals surface area contributed by atoms with Crippen LogP contribution in [0.5, 0.6) is 0 Å². The molecule has 1 saturated heterocycles. The lowest BCUT2D eigenvalue weighted by molar-refractivity contribution is -0.112. The summed E-state index contributed by atoms with van der Waals surface area (Å²) in [7, 11) is 1.56. The lowest BCUT2D eigenvalue weighted by Crippen LogP contribution is -2.35. The quantitative estimate of drug-likeness (QED) is 0.566. The molecule has 1 aliphatic carbocycles. The van der Waals surface area contributed by atoms with Gasteiger partial charge in [-0.3, -0.25) is 14.8 Å². The van der Waals surface area contributed by atoms with Crippen LogP contribution in [0.25, 0.3) is 22.6 Å². The molecule has 2 aliphatic rings. The summed E-state index contributed by atoms with van der Waals surface area (Å²) in [6.07, 6.45) is 6.04. The number of benzene rings is 1. The molecule has 1 amide bonds. The van der Waals surface area contributed by atoms with Crippen molar-refractivity contribution in [2.75, 3.05) is 38.7 Å². The van der Waals surface area contributed by atoms with Crippen LogP contribution in [0.3, 0.4) is 0 Å². The Morgan fingerprint density at radius 2 is 2.16 bits per heavy atom. The van der Waals surface area contributed by atoms with Crippen LogP contribution in [0.15, 0.2) is 47.9 Å². The van der Waals surface area contributed by atoms with E-state index in [2.05, 4.69) is 37.5 Å². The molecule has 1 aromatic carbocycles. The van der Waals surface area contributed by atoms with Gasteiger partial charge in [0.25, 0.3) is 5.91 Å². The fourth-order valence-electron chi connectivity index (χ4n) is 3.93. The zero-order valence-electron chi connectivity index (χ0n) is 17.3. The van der Waals surface area contributed by atoms with Gasteiger partial charge in [0, 0.05) is 25.8 Å². The molecule has 0 unspecified atom stereocenters. The van der Waals surface area contributed by atoms with Crippen molar-refractivity contribution in [1.82, 2.24) is 25.1 Å². The highest BCUT2D eigenvalue weighted by molar-refractivity contribution is 6.08. The van der Waals surface area contributed by atoms with Crippen molar-refractivity contribution in [3.05, 3.63) is 53.4 Å². The van der Waals surface area contributed by atoms with Gasteiger partial charge >= 0.3 is 0 Å². The minimum atomic E-state index is -0.239. The van der Waals surface area contributed by atoms with Crippen LogP contribution in [-0.2, 0) is 20.8 Å². The zero-order valence-corrected chi connectivity index (χ0v) is 17.3. The van der Waals surface area contributed by atoms with E-state index in [-0.39, 0.29) is 5.91 Å². The highest BCUT2D eigenvalue weighted by atomic mass is 16.5. The Hall–Kier alpha value is -3.43. The normalized spacial score (nSPS) is 16.9. The molecule has 0 spiro atoms. The first-order valence-electron chi connectivity index (χ1n) is 10.3. The number of hydrogen-bond acceptors (Lipinski definition) is 6. The maximum atomic E-state index is 12.7. The number of rotatable bonds is 6. The topological polar surface area (TPSA) is 108 Å². The number of H-pyrrole nitrogens is 2. The van der Waals surface area contributed by atoms with Gasteiger partial charge in [0.05, 0.1) is 42.6 Å². The van der Waals surface area contributed by atoms with Crippen molar-refractivity contribution in [2.45, 2.75) is 13.0 Å². The van der Waals surface area contributed by atoms with Crippen molar-refractivity contribution in [1.29, 1.82) is 0 Å². The minimum Gasteiger partial charge on any atom is -0.496 e. The summed E-state index contributed by atoms with van der Waals surface area (Å²) in [5.41, 5.74) is 4.62. The van der Waals surface area contributed by atoms with Gasteiger partial charge in [-0.15, -0.1) is 0 Å². The molecule has 2 aromatic heterocycles. The summed E-state index contributed by atoms with van der Waals surface area (Å²) in [6, 6.07) is 6.23. The molecule has 9 nitrogen and oxygen atoms in total. The Bertz CT molecular complexity index is 1170. The number of nitrogens with one attached hydrogen (secondary N) is 3. The third kappa shape index (κ3) is 3.97. The van der Waals surface area contributed by atoms with E-state index in [0.29, 0.717) is 35.0 Å². The van der Waals surface area contributed by atoms with Crippen molar-refractivity contribution < 1.29 is 14.3 Å². The predicted molar refractivity (Wildman–Crippen MR) is 116 cm³/mol. The van der Waals surface area contributed by atoms with Crippen LogP contribution in [0.2, 0.25) is 0 Å². The summed E-state index contributed by atoms with van der Waals surface area (Å²) in [5.74, 6) is 0.939. The molecule has 0 bridgehead atoms.